The molecule has 2 bridgehead atoms. The molecule has 0 unspecified atom stereocenters. The first-order valence-electron chi connectivity index (χ1n) is 17.2. The smallest absolute Gasteiger partial charge is 0.309 e. The van der Waals surface area contributed by atoms with Crippen molar-refractivity contribution in [3.8, 4) is 5.75 Å². The van der Waals surface area contributed by atoms with Crippen LogP contribution in [0, 0.1) is 22.9 Å². The van der Waals surface area contributed by atoms with Crippen LogP contribution in [0.3, 0.4) is 0 Å². The van der Waals surface area contributed by atoms with Gasteiger partial charge in [0.05, 0.1) is 18.1 Å². The molecular weight excluding hydrogens is 683 g/mol. The molecule has 0 spiro atoms. The van der Waals surface area contributed by atoms with Gasteiger partial charge in [-0.1, -0.05) is 54.1 Å². The molecule has 0 aromatic heterocycles. The van der Waals surface area contributed by atoms with Gasteiger partial charge in [-0.15, -0.1) is 0 Å². The Hall–Kier alpha value is -4.35. The lowest BCUT2D eigenvalue weighted by atomic mass is 9.82. The molecule has 2 N–H and O–H groups in total. The van der Waals surface area contributed by atoms with Gasteiger partial charge in [-0.25, -0.2) is 8.78 Å². The van der Waals surface area contributed by atoms with Crippen LogP contribution in [-0.2, 0) is 27.3 Å². The van der Waals surface area contributed by atoms with Crippen LogP contribution in [0.25, 0.3) is 5.57 Å². The van der Waals surface area contributed by atoms with Gasteiger partial charge in [0.25, 0.3) is 5.91 Å². The second kappa shape index (κ2) is 16.3. The van der Waals surface area contributed by atoms with E-state index in [1.165, 1.54) is 0 Å². The number of amides is 2. The van der Waals surface area contributed by atoms with E-state index in [-0.39, 0.29) is 43.8 Å². The predicted molar refractivity (Wildman–Crippen MR) is 189 cm³/mol. The number of carboxylic acid groups (broad SMARTS) is 1. The Morgan fingerprint density at radius 3 is 2.41 bits per heavy atom. The highest BCUT2D eigenvalue weighted by Crippen LogP contribution is 2.35. The molecule has 2 amide bonds. The first kappa shape index (κ1) is 37.9. The summed E-state index contributed by atoms with van der Waals surface area (Å²) in [5.74, 6) is -5.50. The van der Waals surface area contributed by atoms with Crippen LogP contribution < -0.4 is 10.1 Å². The van der Waals surface area contributed by atoms with Gasteiger partial charge in [0.2, 0.25) is 11.7 Å². The molecule has 5 rings (SSSR count). The number of aryl methyl sites for hydroxylation is 1. The molecular formula is C39H43ClF3N3O5. The van der Waals surface area contributed by atoms with E-state index < -0.39 is 40.6 Å². The van der Waals surface area contributed by atoms with Gasteiger partial charge in [-0.05, 0) is 86.9 Å². The molecule has 8 nitrogen and oxygen atoms in total. The molecule has 0 aliphatic carbocycles. The fourth-order valence-corrected chi connectivity index (χ4v) is 6.74. The molecule has 1 saturated heterocycles. The van der Waals surface area contributed by atoms with Crippen molar-refractivity contribution in [2.24, 2.45) is 5.41 Å². The number of halogens is 4. The number of aliphatic carboxylic acids is 1. The summed E-state index contributed by atoms with van der Waals surface area (Å²) in [6.45, 7) is 6.52. The molecule has 0 saturated carbocycles. The third kappa shape index (κ3) is 8.94. The number of rotatable bonds is 14. The Balaban J connectivity index is 1.37. The lowest BCUT2D eigenvalue weighted by Crippen LogP contribution is -2.62. The molecule has 3 aromatic carbocycles. The molecule has 51 heavy (non-hydrogen) atoms. The van der Waals surface area contributed by atoms with E-state index in [0.29, 0.717) is 55.6 Å². The topological polar surface area (TPSA) is 99.2 Å². The number of likely N-dealkylation sites (N-methyl/N-ethyl adjacent to an activating group) is 1. The second-order valence-electron chi connectivity index (χ2n) is 13.7. The number of fused-ring (bicyclic) bond motifs is 2. The highest BCUT2D eigenvalue weighted by atomic mass is 35.5. The van der Waals surface area contributed by atoms with Gasteiger partial charge in [0.15, 0.2) is 17.4 Å². The number of carbonyl (C=O) groups is 3. The van der Waals surface area contributed by atoms with Gasteiger partial charge < -0.3 is 25.0 Å². The number of nitrogens with zero attached hydrogens (tertiary/aromatic N) is 2. The first-order chi connectivity index (χ1) is 24.3. The third-order valence-corrected chi connectivity index (χ3v) is 10.0. The van der Waals surface area contributed by atoms with E-state index in [9.17, 15) is 32.7 Å². The Morgan fingerprint density at radius 2 is 1.73 bits per heavy atom. The number of hydrogen-bond donors (Lipinski definition) is 2. The number of benzene rings is 3. The molecule has 2 heterocycles. The minimum absolute atomic E-state index is 0.0147. The summed E-state index contributed by atoms with van der Waals surface area (Å²) < 4.78 is 46.6. The quantitative estimate of drug-likeness (QED) is 0.137. The number of carboxylic acids is 1. The molecule has 2 aliphatic heterocycles. The van der Waals surface area contributed by atoms with E-state index >= 15 is 0 Å². The second-order valence-corrected chi connectivity index (χ2v) is 14.1. The van der Waals surface area contributed by atoms with Crippen molar-refractivity contribution in [3.05, 3.63) is 105 Å². The Morgan fingerprint density at radius 1 is 1.02 bits per heavy atom. The number of nitrogens with one attached hydrogen (secondary N) is 1. The number of ether oxygens (including phenoxy) is 1. The summed E-state index contributed by atoms with van der Waals surface area (Å²) in [4.78, 5) is 43.0. The lowest BCUT2D eigenvalue weighted by molar-refractivity contribution is -0.148. The van der Waals surface area contributed by atoms with Gasteiger partial charge in [0.1, 0.15) is 0 Å². The van der Waals surface area contributed by atoms with Crippen LogP contribution >= 0.6 is 11.6 Å². The van der Waals surface area contributed by atoms with Crippen molar-refractivity contribution in [1.82, 2.24) is 15.1 Å². The van der Waals surface area contributed by atoms with Crippen LogP contribution in [0.1, 0.15) is 63.1 Å². The number of carbonyl (C=O) groups excluding carboxylic acids is 2. The predicted octanol–water partition coefficient (Wildman–Crippen LogP) is 7.03. The summed E-state index contributed by atoms with van der Waals surface area (Å²) in [5.41, 5.74) is 3.05. The molecule has 12 heteroatoms. The first-order valence-corrected chi connectivity index (χ1v) is 17.5. The monoisotopic (exact) mass is 725 g/mol. The van der Waals surface area contributed by atoms with Crippen LogP contribution in [0.5, 0.6) is 5.75 Å². The van der Waals surface area contributed by atoms with E-state index in [4.69, 9.17) is 16.3 Å². The van der Waals surface area contributed by atoms with Gasteiger partial charge in [-0.3, -0.25) is 14.4 Å². The fourth-order valence-electron chi connectivity index (χ4n) is 6.55. The van der Waals surface area contributed by atoms with Gasteiger partial charge in [-0.2, -0.15) is 4.39 Å². The number of hydrogen-bond acceptors (Lipinski definition) is 5. The van der Waals surface area contributed by atoms with Crippen molar-refractivity contribution >= 4 is 35.0 Å². The summed E-state index contributed by atoms with van der Waals surface area (Å²) in [7, 11) is 0. The van der Waals surface area contributed by atoms with E-state index in [0.717, 1.165) is 28.3 Å². The van der Waals surface area contributed by atoms with E-state index in [1.54, 1.807) is 29.7 Å². The van der Waals surface area contributed by atoms with Crippen LogP contribution in [0.4, 0.5) is 13.2 Å². The zero-order chi connectivity index (χ0) is 36.9. The fraction of sp³-hybridized carbons (Fsp3) is 0.410. The zero-order valence-corrected chi connectivity index (χ0v) is 29.7. The highest BCUT2D eigenvalue weighted by Gasteiger charge is 2.41. The highest BCUT2D eigenvalue weighted by molar-refractivity contribution is 6.31. The van der Waals surface area contributed by atoms with Crippen LogP contribution in [-0.4, -0.2) is 71.0 Å². The van der Waals surface area contributed by atoms with Crippen molar-refractivity contribution in [2.75, 3.05) is 26.2 Å². The Bertz CT molecular complexity index is 1800. The molecule has 2 aliphatic rings. The third-order valence-electron chi connectivity index (χ3n) is 9.68. The van der Waals surface area contributed by atoms with Crippen molar-refractivity contribution in [2.45, 2.75) is 71.5 Å². The lowest BCUT2D eigenvalue weighted by Gasteiger charge is -2.45. The van der Waals surface area contributed by atoms with Gasteiger partial charge in [0, 0.05) is 49.2 Å². The molecule has 2 atom stereocenters. The molecule has 0 radical (unpaired) electrons. The molecule has 3 aromatic rings. The summed E-state index contributed by atoms with van der Waals surface area (Å²) in [6, 6.07) is 16.1. The molecule has 1 fully saturated rings. The van der Waals surface area contributed by atoms with E-state index in [1.807, 2.05) is 49.4 Å². The summed E-state index contributed by atoms with van der Waals surface area (Å²) >= 11 is 6.47. The minimum Gasteiger partial charge on any atom is -0.488 e. The Labute approximate surface area is 301 Å². The van der Waals surface area contributed by atoms with Crippen LogP contribution in [0.2, 0.25) is 5.02 Å². The minimum atomic E-state index is -1.35. The average molecular weight is 726 g/mol. The van der Waals surface area contributed by atoms with Crippen molar-refractivity contribution in [3.63, 3.8) is 0 Å². The summed E-state index contributed by atoms with van der Waals surface area (Å²) in [6.07, 6.45) is 1.74. The maximum atomic E-state index is 14.5. The zero-order valence-electron chi connectivity index (χ0n) is 29.0. The molecule has 272 valence electrons. The maximum Gasteiger partial charge on any atom is 0.309 e. The largest absolute Gasteiger partial charge is 0.488 e. The normalized spacial score (nSPS) is 17.4. The standard InChI is InChI=1S/C39H43ClF3N3O5/c1-4-45(21-26-9-5-6-10-29(26)40)37(48)34-28(20-27-22-46(23-32(34)44-27)33(47)17-18-39(2,3)38(49)50)25-13-11-24(12-14-25)8-7-19-51-36-31(42)16-15-30(41)35(36)43/h5-6,9-16,27,32,44H,4,7-8,17-23H2,1-3H3,(H,49,50)/t27-,32-/m1/s1. The average Bonchev–Trinajstić information content (AvgIpc) is 3.11. The maximum absolute atomic E-state index is 14.5. The SMILES string of the molecule is CCN(Cc1ccccc1Cl)C(=O)C1=C(c2ccc(CCCOc3c(F)ccc(F)c3F)cc2)C[C@@H]2CN(C(=O)CCC(C)(C)C(=O)O)C[C@H]1N2. The Kier molecular flexibility index (Phi) is 12.1. The van der Waals surface area contributed by atoms with Crippen LogP contribution in [0.15, 0.2) is 66.2 Å². The van der Waals surface area contributed by atoms with Crippen molar-refractivity contribution < 1.29 is 37.4 Å². The van der Waals surface area contributed by atoms with Gasteiger partial charge >= 0.3 is 5.97 Å². The summed E-state index contributed by atoms with van der Waals surface area (Å²) in [5, 5.41) is 13.7. The van der Waals surface area contributed by atoms with Crippen molar-refractivity contribution in [1.29, 1.82) is 0 Å². The van der Waals surface area contributed by atoms with E-state index in [2.05, 4.69) is 5.32 Å². The number of piperazine rings is 1.